The first-order valence-electron chi connectivity index (χ1n) is 8.52. The van der Waals surface area contributed by atoms with Crippen LogP contribution in [-0.4, -0.2) is 64.5 Å². The number of piperazine rings is 1. The number of nitrogens with zero attached hydrogens (tertiary/aromatic N) is 3. The minimum absolute atomic E-state index is 0.0474. The van der Waals surface area contributed by atoms with E-state index in [-0.39, 0.29) is 17.9 Å². The molecule has 0 spiro atoms. The summed E-state index contributed by atoms with van der Waals surface area (Å²) in [6.45, 7) is 10.3. The Kier molecular flexibility index (Phi) is 6.41. The van der Waals surface area contributed by atoms with Crippen LogP contribution in [0.15, 0.2) is 18.3 Å². The van der Waals surface area contributed by atoms with Crippen LogP contribution in [0.4, 0.5) is 4.79 Å². The number of amides is 1. The van der Waals surface area contributed by atoms with Crippen LogP contribution in [0.25, 0.3) is 0 Å². The van der Waals surface area contributed by atoms with Crippen molar-refractivity contribution in [1.82, 2.24) is 14.8 Å². The van der Waals surface area contributed by atoms with Gasteiger partial charge in [0.15, 0.2) is 5.78 Å². The van der Waals surface area contributed by atoms with E-state index < -0.39 is 5.60 Å². The SMILES string of the molecule is CC(CC(=O)c1ccc(Cl)nc1)N1CCN(C(=O)OC(C)(C)C)CC1. The molecule has 1 saturated heterocycles. The van der Waals surface area contributed by atoms with Crippen molar-refractivity contribution in [3.8, 4) is 0 Å². The lowest BCUT2D eigenvalue weighted by Gasteiger charge is -2.38. The summed E-state index contributed by atoms with van der Waals surface area (Å²) < 4.78 is 5.40. The standard InChI is InChI=1S/C18H26ClN3O3/c1-13(11-15(23)14-5-6-16(19)20-12-14)21-7-9-22(10-8-21)17(24)25-18(2,3)4/h5-6,12-13H,7-11H2,1-4H3. The van der Waals surface area contributed by atoms with E-state index in [9.17, 15) is 9.59 Å². The highest BCUT2D eigenvalue weighted by Gasteiger charge is 2.28. The second-order valence-corrected chi connectivity index (χ2v) is 7.74. The molecule has 1 aliphatic heterocycles. The summed E-state index contributed by atoms with van der Waals surface area (Å²) >= 11 is 5.75. The average Bonchev–Trinajstić information content (AvgIpc) is 2.54. The Morgan fingerprint density at radius 3 is 2.40 bits per heavy atom. The van der Waals surface area contributed by atoms with Gasteiger partial charge in [0.2, 0.25) is 0 Å². The molecule has 1 aromatic rings. The number of ketones is 1. The van der Waals surface area contributed by atoms with E-state index >= 15 is 0 Å². The molecule has 25 heavy (non-hydrogen) atoms. The zero-order valence-corrected chi connectivity index (χ0v) is 16.0. The van der Waals surface area contributed by atoms with Crippen molar-refractivity contribution in [3.05, 3.63) is 29.0 Å². The Labute approximate surface area is 154 Å². The Morgan fingerprint density at radius 1 is 1.24 bits per heavy atom. The van der Waals surface area contributed by atoms with Crippen LogP contribution in [0.1, 0.15) is 44.5 Å². The molecule has 138 valence electrons. The van der Waals surface area contributed by atoms with Crippen LogP contribution >= 0.6 is 11.6 Å². The predicted octanol–water partition coefficient (Wildman–Crippen LogP) is 3.25. The van der Waals surface area contributed by atoms with Crippen molar-refractivity contribution in [1.29, 1.82) is 0 Å². The van der Waals surface area contributed by atoms with Crippen molar-refractivity contribution in [2.24, 2.45) is 0 Å². The third-order valence-electron chi connectivity index (χ3n) is 4.12. The maximum absolute atomic E-state index is 12.3. The fourth-order valence-electron chi connectivity index (χ4n) is 2.73. The smallest absolute Gasteiger partial charge is 0.410 e. The van der Waals surface area contributed by atoms with Gasteiger partial charge in [-0.05, 0) is 39.8 Å². The van der Waals surface area contributed by atoms with E-state index in [1.807, 2.05) is 27.7 Å². The van der Waals surface area contributed by atoms with E-state index in [0.29, 0.717) is 30.2 Å². The molecular formula is C18H26ClN3O3. The van der Waals surface area contributed by atoms with Gasteiger partial charge >= 0.3 is 6.09 Å². The molecule has 1 amide bonds. The van der Waals surface area contributed by atoms with Crippen LogP contribution in [0.2, 0.25) is 5.15 Å². The molecule has 0 aromatic carbocycles. The van der Waals surface area contributed by atoms with Gasteiger partial charge in [0, 0.05) is 50.4 Å². The summed E-state index contributed by atoms with van der Waals surface area (Å²) in [5.41, 5.74) is 0.0872. The number of ether oxygens (including phenoxy) is 1. The van der Waals surface area contributed by atoms with Gasteiger partial charge < -0.3 is 9.64 Å². The normalized spacial score (nSPS) is 17.2. The van der Waals surface area contributed by atoms with Gasteiger partial charge in [0.05, 0.1) is 0 Å². The molecular weight excluding hydrogens is 342 g/mol. The molecule has 0 radical (unpaired) electrons. The highest BCUT2D eigenvalue weighted by atomic mass is 35.5. The molecule has 0 saturated carbocycles. The number of rotatable bonds is 4. The Morgan fingerprint density at radius 2 is 1.88 bits per heavy atom. The maximum atomic E-state index is 12.3. The number of hydrogen-bond acceptors (Lipinski definition) is 5. The van der Waals surface area contributed by atoms with Gasteiger partial charge in [0.25, 0.3) is 0 Å². The zero-order valence-electron chi connectivity index (χ0n) is 15.3. The molecule has 0 bridgehead atoms. The molecule has 1 aromatic heterocycles. The Bertz CT molecular complexity index is 605. The topological polar surface area (TPSA) is 62.7 Å². The lowest BCUT2D eigenvalue weighted by molar-refractivity contribution is 0.0107. The van der Waals surface area contributed by atoms with Crippen molar-refractivity contribution in [2.75, 3.05) is 26.2 Å². The van der Waals surface area contributed by atoms with E-state index in [1.54, 1.807) is 17.0 Å². The Hall–Kier alpha value is -1.66. The molecule has 2 rings (SSSR count). The lowest BCUT2D eigenvalue weighted by Crippen LogP contribution is -2.52. The van der Waals surface area contributed by atoms with Gasteiger partial charge in [-0.1, -0.05) is 11.6 Å². The van der Waals surface area contributed by atoms with Crippen molar-refractivity contribution >= 4 is 23.5 Å². The minimum Gasteiger partial charge on any atom is -0.444 e. The number of aromatic nitrogens is 1. The molecule has 0 aliphatic carbocycles. The van der Waals surface area contributed by atoms with Crippen LogP contribution in [0.3, 0.4) is 0 Å². The van der Waals surface area contributed by atoms with E-state index in [4.69, 9.17) is 16.3 Å². The van der Waals surface area contributed by atoms with Crippen molar-refractivity contribution in [2.45, 2.75) is 45.8 Å². The fourth-order valence-corrected chi connectivity index (χ4v) is 2.84. The first kappa shape index (κ1) is 19.7. The van der Waals surface area contributed by atoms with E-state index in [0.717, 1.165) is 13.1 Å². The van der Waals surface area contributed by atoms with Crippen LogP contribution in [-0.2, 0) is 4.74 Å². The third kappa shape index (κ3) is 5.97. The Balaban J connectivity index is 1.82. The largest absolute Gasteiger partial charge is 0.444 e. The van der Waals surface area contributed by atoms with Gasteiger partial charge in [-0.2, -0.15) is 0 Å². The molecule has 1 unspecified atom stereocenters. The molecule has 2 heterocycles. The first-order valence-corrected chi connectivity index (χ1v) is 8.90. The number of carbonyl (C=O) groups is 2. The van der Waals surface area contributed by atoms with Crippen LogP contribution < -0.4 is 0 Å². The van der Waals surface area contributed by atoms with E-state index in [2.05, 4.69) is 9.88 Å². The fraction of sp³-hybridized carbons (Fsp3) is 0.611. The summed E-state index contributed by atoms with van der Waals surface area (Å²) in [5.74, 6) is 0.0474. The van der Waals surface area contributed by atoms with Crippen molar-refractivity contribution in [3.63, 3.8) is 0 Å². The molecule has 1 atom stereocenters. The third-order valence-corrected chi connectivity index (χ3v) is 4.34. The lowest BCUT2D eigenvalue weighted by atomic mass is 10.0. The highest BCUT2D eigenvalue weighted by molar-refractivity contribution is 6.29. The number of pyridine rings is 1. The predicted molar refractivity (Wildman–Crippen MR) is 97.0 cm³/mol. The maximum Gasteiger partial charge on any atom is 0.410 e. The number of Topliss-reactive ketones (excluding diaryl/α,β-unsaturated/α-hetero) is 1. The highest BCUT2D eigenvalue weighted by Crippen LogP contribution is 2.16. The second-order valence-electron chi connectivity index (χ2n) is 7.35. The number of carbonyl (C=O) groups excluding carboxylic acids is 2. The molecule has 1 fully saturated rings. The minimum atomic E-state index is -0.486. The molecule has 1 aliphatic rings. The number of hydrogen-bond donors (Lipinski definition) is 0. The van der Waals surface area contributed by atoms with Gasteiger partial charge in [0.1, 0.15) is 10.8 Å². The molecule has 7 heteroatoms. The zero-order chi connectivity index (χ0) is 18.6. The van der Waals surface area contributed by atoms with Crippen molar-refractivity contribution < 1.29 is 14.3 Å². The summed E-state index contributed by atoms with van der Waals surface area (Å²) in [4.78, 5) is 32.3. The van der Waals surface area contributed by atoms with Crippen LogP contribution in [0.5, 0.6) is 0 Å². The summed E-state index contributed by atoms with van der Waals surface area (Å²) in [6, 6.07) is 3.42. The van der Waals surface area contributed by atoms with Crippen LogP contribution in [0, 0.1) is 0 Å². The van der Waals surface area contributed by atoms with Gasteiger partial charge in [-0.25, -0.2) is 9.78 Å². The summed E-state index contributed by atoms with van der Waals surface area (Å²) in [7, 11) is 0. The monoisotopic (exact) mass is 367 g/mol. The van der Waals surface area contributed by atoms with Gasteiger partial charge in [-0.15, -0.1) is 0 Å². The summed E-state index contributed by atoms with van der Waals surface area (Å²) in [6.07, 6.45) is 1.65. The number of halogens is 1. The second kappa shape index (κ2) is 8.15. The average molecular weight is 368 g/mol. The van der Waals surface area contributed by atoms with Gasteiger partial charge in [-0.3, -0.25) is 9.69 Å². The quantitative estimate of drug-likeness (QED) is 0.603. The van der Waals surface area contributed by atoms with E-state index in [1.165, 1.54) is 6.20 Å². The molecule has 6 nitrogen and oxygen atoms in total. The molecule has 0 N–H and O–H groups in total. The first-order chi connectivity index (χ1) is 11.7. The summed E-state index contributed by atoms with van der Waals surface area (Å²) in [5, 5.41) is 0.378.